The lowest BCUT2D eigenvalue weighted by molar-refractivity contribution is -0.284. The molecule has 0 bridgehead atoms. The van der Waals surface area contributed by atoms with Crippen LogP contribution in [0.4, 0.5) is 0 Å². The molecule has 1 aromatic heterocycles. The number of nitrogens with zero attached hydrogens (tertiary/aromatic N) is 1. The van der Waals surface area contributed by atoms with Crippen molar-refractivity contribution in [1.29, 1.82) is 0 Å². The number of hydrogen-bond donors (Lipinski definition) is 2. The van der Waals surface area contributed by atoms with E-state index < -0.39 is 23.8 Å². The summed E-state index contributed by atoms with van der Waals surface area (Å²) in [5, 5.41) is 10.7. The number of nitrogens with one attached hydrogen (secondary N) is 1. The van der Waals surface area contributed by atoms with Crippen LogP contribution in [0.15, 0.2) is 42.9 Å². The van der Waals surface area contributed by atoms with Gasteiger partial charge in [-0.05, 0) is 0 Å². The summed E-state index contributed by atoms with van der Waals surface area (Å²) in [4.78, 5) is 29.3. The molecule has 0 aliphatic carbocycles. The van der Waals surface area contributed by atoms with Crippen molar-refractivity contribution >= 4 is 11.9 Å². The molecule has 2 aromatic rings. The van der Waals surface area contributed by atoms with Crippen LogP contribution >= 0.6 is 0 Å². The van der Waals surface area contributed by atoms with Gasteiger partial charge in [-0.2, -0.15) is 0 Å². The number of ether oxygens (including phenoxy) is 2. The van der Waals surface area contributed by atoms with Gasteiger partial charge in [0.25, 0.3) is 5.79 Å². The second-order valence-electron chi connectivity index (χ2n) is 4.24. The molecular formula is C13H10N2O5. The van der Waals surface area contributed by atoms with E-state index in [1.165, 1.54) is 12.5 Å². The molecule has 3 rings (SSSR count). The zero-order chi connectivity index (χ0) is 14.2. The Balaban J connectivity index is 2.09. The number of carbonyl (C=O) groups is 2. The predicted octanol–water partition coefficient (Wildman–Crippen LogP) is 0.396. The van der Waals surface area contributed by atoms with Gasteiger partial charge in [0, 0.05) is 5.56 Å². The third-order valence-corrected chi connectivity index (χ3v) is 2.98. The van der Waals surface area contributed by atoms with Crippen molar-refractivity contribution < 1.29 is 24.2 Å². The third kappa shape index (κ3) is 1.84. The molecule has 2 heterocycles. The van der Waals surface area contributed by atoms with Gasteiger partial charge in [-0.25, -0.2) is 14.6 Å². The number of H-pyrrole nitrogens is 1. The van der Waals surface area contributed by atoms with E-state index in [9.17, 15) is 14.7 Å². The lowest BCUT2D eigenvalue weighted by Crippen LogP contribution is -2.48. The molecule has 7 nitrogen and oxygen atoms in total. The molecule has 0 saturated carbocycles. The van der Waals surface area contributed by atoms with Crippen molar-refractivity contribution in [2.24, 2.45) is 0 Å². The molecule has 1 saturated heterocycles. The minimum Gasteiger partial charge on any atom is -0.440 e. The van der Waals surface area contributed by atoms with E-state index in [0.717, 1.165) is 0 Å². The topological polar surface area (TPSA) is 102 Å². The first-order chi connectivity index (χ1) is 9.61. The Morgan fingerprint density at radius 1 is 1.20 bits per heavy atom. The fraction of sp³-hybridized carbons (Fsp3) is 0.154. The largest absolute Gasteiger partial charge is 0.440 e. The number of aromatic amines is 1. The van der Waals surface area contributed by atoms with Gasteiger partial charge in [-0.1, -0.05) is 30.3 Å². The van der Waals surface area contributed by atoms with E-state index in [1.54, 1.807) is 30.3 Å². The molecule has 0 spiro atoms. The molecule has 2 unspecified atom stereocenters. The van der Waals surface area contributed by atoms with Crippen molar-refractivity contribution in [3.05, 3.63) is 54.1 Å². The van der Waals surface area contributed by atoms with Gasteiger partial charge in [0.05, 0.1) is 18.2 Å². The molecule has 102 valence electrons. The summed E-state index contributed by atoms with van der Waals surface area (Å²) in [5.74, 6) is -4.50. The van der Waals surface area contributed by atoms with Crippen molar-refractivity contribution in [3.63, 3.8) is 0 Å². The van der Waals surface area contributed by atoms with Crippen LogP contribution in [0.3, 0.4) is 0 Å². The maximum Gasteiger partial charge on any atom is 0.420 e. The minimum atomic E-state index is -2.10. The number of rotatable bonds is 2. The van der Waals surface area contributed by atoms with E-state index in [-0.39, 0.29) is 0 Å². The molecule has 2 N–H and O–H groups in total. The number of cyclic esters (lactones) is 2. The summed E-state index contributed by atoms with van der Waals surface area (Å²) in [7, 11) is 0. The molecule has 1 aliphatic rings. The van der Waals surface area contributed by atoms with E-state index in [2.05, 4.69) is 9.97 Å². The smallest absolute Gasteiger partial charge is 0.420 e. The fourth-order valence-electron chi connectivity index (χ4n) is 2.04. The number of aliphatic hydroxyl groups is 1. The SMILES string of the molecule is O=C1OC(c2cnc[nH]2)C(O)(c2ccccc2)OC1=O. The number of hydrogen-bond acceptors (Lipinski definition) is 6. The number of aromatic nitrogens is 2. The zero-order valence-corrected chi connectivity index (χ0v) is 10.1. The average Bonchev–Trinajstić information content (AvgIpc) is 2.98. The van der Waals surface area contributed by atoms with Crippen LogP contribution in [-0.2, 0) is 24.8 Å². The normalized spacial score (nSPS) is 25.9. The fourth-order valence-corrected chi connectivity index (χ4v) is 2.04. The minimum absolute atomic E-state index is 0.292. The van der Waals surface area contributed by atoms with Crippen LogP contribution in [-0.4, -0.2) is 27.0 Å². The number of imidazole rings is 1. The van der Waals surface area contributed by atoms with Gasteiger partial charge in [0.1, 0.15) is 0 Å². The molecule has 1 aliphatic heterocycles. The summed E-state index contributed by atoms with van der Waals surface area (Å²) in [6, 6.07) is 8.21. The molecule has 2 atom stereocenters. The van der Waals surface area contributed by atoms with Gasteiger partial charge < -0.3 is 19.6 Å². The second-order valence-corrected chi connectivity index (χ2v) is 4.24. The summed E-state index contributed by atoms with van der Waals surface area (Å²) in [6.45, 7) is 0. The first kappa shape index (κ1) is 12.4. The Morgan fingerprint density at radius 2 is 1.95 bits per heavy atom. The van der Waals surface area contributed by atoms with Gasteiger partial charge in [-0.3, -0.25) is 0 Å². The lowest BCUT2D eigenvalue weighted by atomic mass is 9.97. The van der Waals surface area contributed by atoms with Gasteiger partial charge in [-0.15, -0.1) is 0 Å². The predicted molar refractivity (Wildman–Crippen MR) is 63.9 cm³/mol. The first-order valence-electron chi connectivity index (χ1n) is 5.81. The molecule has 7 heteroatoms. The molecule has 20 heavy (non-hydrogen) atoms. The molecule has 0 amide bonds. The number of benzene rings is 1. The molecule has 0 radical (unpaired) electrons. The zero-order valence-electron chi connectivity index (χ0n) is 10.1. The number of carbonyl (C=O) groups excluding carboxylic acids is 2. The monoisotopic (exact) mass is 274 g/mol. The van der Waals surface area contributed by atoms with Gasteiger partial charge in [0.15, 0.2) is 0 Å². The molecule has 1 fully saturated rings. The summed E-state index contributed by atoms with van der Waals surface area (Å²) >= 11 is 0. The van der Waals surface area contributed by atoms with Crippen LogP contribution < -0.4 is 0 Å². The number of esters is 2. The Kier molecular flexibility index (Phi) is 2.76. The molecular weight excluding hydrogens is 264 g/mol. The van der Waals surface area contributed by atoms with E-state index in [4.69, 9.17) is 9.47 Å². The van der Waals surface area contributed by atoms with Crippen molar-refractivity contribution in [2.45, 2.75) is 11.9 Å². The first-order valence-corrected chi connectivity index (χ1v) is 5.81. The maximum atomic E-state index is 11.4. The van der Waals surface area contributed by atoms with Crippen LogP contribution in [0.25, 0.3) is 0 Å². The van der Waals surface area contributed by atoms with E-state index >= 15 is 0 Å². The highest BCUT2D eigenvalue weighted by atomic mass is 16.7. The Hall–Kier alpha value is -2.67. The Morgan fingerprint density at radius 3 is 2.60 bits per heavy atom. The average molecular weight is 274 g/mol. The lowest BCUT2D eigenvalue weighted by Gasteiger charge is -2.37. The quantitative estimate of drug-likeness (QED) is 0.607. The van der Waals surface area contributed by atoms with Crippen LogP contribution in [0, 0.1) is 0 Å². The highest BCUT2D eigenvalue weighted by Gasteiger charge is 2.52. The highest BCUT2D eigenvalue weighted by Crippen LogP contribution is 2.41. The van der Waals surface area contributed by atoms with E-state index in [1.807, 2.05) is 0 Å². The maximum absolute atomic E-state index is 11.4. The summed E-state index contributed by atoms with van der Waals surface area (Å²) in [6.07, 6.45) is 1.54. The Bertz CT molecular complexity index is 640. The van der Waals surface area contributed by atoms with Gasteiger partial charge >= 0.3 is 11.9 Å². The molecule has 1 aromatic carbocycles. The van der Waals surface area contributed by atoms with E-state index in [0.29, 0.717) is 11.3 Å². The van der Waals surface area contributed by atoms with Crippen molar-refractivity contribution in [1.82, 2.24) is 9.97 Å². The van der Waals surface area contributed by atoms with Gasteiger partial charge in [0.2, 0.25) is 6.10 Å². The Labute approximate surface area is 113 Å². The third-order valence-electron chi connectivity index (χ3n) is 2.98. The second kappa shape index (κ2) is 4.46. The van der Waals surface area contributed by atoms with Crippen LogP contribution in [0.2, 0.25) is 0 Å². The van der Waals surface area contributed by atoms with Crippen molar-refractivity contribution in [3.8, 4) is 0 Å². The summed E-state index contributed by atoms with van der Waals surface area (Å²) in [5.41, 5.74) is 0.609. The van der Waals surface area contributed by atoms with Crippen molar-refractivity contribution in [2.75, 3.05) is 0 Å². The van der Waals surface area contributed by atoms with Crippen LogP contribution in [0.5, 0.6) is 0 Å². The summed E-state index contributed by atoms with van der Waals surface area (Å²) < 4.78 is 9.88. The standard InChI is InChI=1S/C13H10N2O5/c16-11-12(17)20-13(18,8-4-2-1-3-5-8)10(19-11)9-6-14-7-15-9/h1-7,10,18H,(H,14,15). The van der Waals surface area contributed by atoms with Crippen LogP contribution in [0.1, 0.15) is 17.4 Å². The highest BCUT2D eigenvalue weighted by molar-refractivity contribution is 6.30.